The first-order chi connectivity index (χ1) is 18.1. The molecule has 0 aliphatic carbocycles. The molecule has 0 aliphatic heterocycles. The summed E-state index contributed by atoms with van der Waals surface area (Å²) < 4.78 is 33.9. The van der Waals surface area contributed by atoms with Gasteiger partial charge in [0, 0.05) is 19.2 Å². The molecule has 0 fully saturated rings. The Morgan fingerprint density at radius 2 is 1.87 bits per heavy atom. The number of hydrogen-bond donors (Lipinski definition) is 3. The van der Waals surface area contributed by atoms with Crippen LogP contribution in [0.3, 0.4) is 0 Å². The quantitative estimate of drug-likeness (QED) is 0.200. The molecule has 0 saturated carbocycles. The van der Waals surface area contributed by atoms with E-state index < -0.39 is 46.0 Å². The molecule has 13 heteroatoms. The molecule has 0 saturated heterocycles. The minimum Gasteiger partial charge on any atom is -0.481 e. The van der Waals surface area contributed by atoms with Gasteiger partial charge in [0.05, 0.1) is 23.3 Å². The highest BCUT2D eigenvalue weighted by Crippen LogP contribution is 2.23. The van der Waals surface area contributed by atoms with E-state index in [0.717, 1.165) is 4.57 Å². The Kier molecular flexibility index (Phi) is 9.68. The fraction of sp³-hybridized carbons (Fsp3) is 0.320. The van der Waals surface area contributed by atoms with Crippen LogP contribution in [-0.4, -0.2) is 54.0 Å². The lowest BCUT2D eigenvalue weighted by molar-refractivity contribution is -0.138. The zero-order chi connectivity index (χ0) is 27.7. The van der Waals surface area contributed by atoms with E-state index in [2.05, 4.69) is 19.7 Å². The van der Waals surface area contributed by atoms with Gasteiger partial charge in [0.1, 0.15) is 6.29 Å². The molecule has 0 spiro atoms. The number of carboxylic acids is 1. The Morgan fingerprint density at radius 1 is 1.13 bits per heavy atom. The fourth-order valence-corrected chi connectivity index (χ4v) is 4.96. The van der Waals surface area contributed by atoms with Crippen LogP contribution in [0.5, 0.6) is 0 Å². The van der Waals surface area contributed by atoms with Gasteiger partial charge < -0.3 is 15.2 Å². The molecular weight excluding hydrogens is 516 g/mol. The van der Waals surface area contributed by atoms with Crippen LogP contribution in [0, 0.1) is 0 Å². The van der Waals surface area contributed by atoms with E-state index >= 15 is 0 Å². The van der Waals surface area contributed by atoms with E-state index in [1.165, 1.54) is 25.2 Å². The number of carbonyl (C=O) groups excluding carboxylic acids is 2. The van der Waals surface area contributed by atoms with Crippen LogP contribution >= 0.6 is 0 Å². The van der Waals surface area contributed by atoms with Crippen molar-refractivity contribution in [3.8, 4) is 11.4 Å². The second-order valence-corrected chi connectivity index (χ2v) is 10.3. The molecule has 1 heterocycles. The molecule has 1 unspecified atom stereocenters. The van der Waals surface area contributed by atoms with E-state index in [1.807, 2.05) is 0 Å². The van der Waals surface area contributed by atoms with Gasteiger partial charge in [-0.15, -0.1) is 0 Å². The number of aromatic nitrogens is 2. The predicted octanol–water partition coefficient (Wildman–Crippen LogP) is 1.43. The van der Waals surface area contributed by atoms with Crippen molar-refractivity contribution in [3.05, 3.63) is 70.7 Å². The van der Waals surface area contributed by atoms with E-state index in [-0.39, 0.29) is 17.3 Å². The molecular formula is C25H28N4O8S. The molecule has 1 aromatic heterocycles. The highest BCUT2D eigenvalue weighted by Gasteiger charge is 2.24. The van der Waals surface area contributed by atoms with Crippen molar-refractivity contribution in [2.24, 2.45) is 7.05 Å². The molecule has 38 heavy (non-hydrogen) atoms. The molecule has 202 valence electrons. The summed E-state index contributed by atoms with van der Waals surface area (Å²) in [5.41, 5.74) is 1.10. The van der Waals surface area contributed by atoms with Gasteiger partial charge in [0.2, 0.25) is 15.9 Å². The average molecular weight is 545 g/mol. The average Bonchev–Trinajstić information content (AvgIpc) is 3.23. The number of aliphatic carboxylic acids is 1. The van der Waals surface area contributed by atoms with E-state index in [1.54, 1.807) is 36.4 Å². The Hall–Kier alpha value is -4.10. The van der Waals surface area contributed by atoms with Crippen molar-refractivity contribution in [1.82, 2.24) is 19.8 Å². The highest BCUT2D eigenvalue weighted by atomic mass is 32.2. The molecule has 3 N–H and O–H groups in total. The predicted molar refractivity (Wildman–Crippen MR) is 136 cm³/mol. The number of aldehydes is 1. The number of carbonyl (C=O) groups is 3. The van der Waals surface area contributed by atoms with Crippen LogP contribution in [0.4, 0.5) is 0 Å². The second kappa shape index (κ2) is 12.9. The summed E-state index contributed by atoms with van der Waals surface area (Å²) >= 11 is 0. The molecule has 0 aliphatic rings. The molecule has 0 radical (unpaired) electrons. The van der Waals surface area contributed by atoms with Crippen LogP contribution in [0.15, 0.2) is 68.8 Å². The summed E-state index contributed by atoms with van der Waals surface area (Å²) in [6, 6.07) is 13.6. The maximum atomic E-state index is 12.9. The van der Waals surface area contributed by atoms with Crippen molar-refractivity contribution >= 4 is 28.2 Å². The van der Waals surface area contributed by atoms with Gasteiger partial charge in [-0.05, 0) is 30.5 Å². The third-order valence-electron chi connectivity index (χ3n) is 5.82. The lowest BCUT2D eigenvalue weighted by Crippen LogP contribution is -2.40. The van der Waals surface area contributed by atoms with Crippen molar-refractivity contribution in [1.29, 1.82) is 0 Å². The van der Waals surface area contributed by atoms with Crippen molar-refractivity contribution < 1.29 is 32.4 Å². The molecule has 2 atom stereocenters. The first-order valence-corrected chi connectivity index (χ1v) is 13.3. The fourth-order valence-electron chi connectivity index (χ4n) is 3.84. The second-order valence-electron chi connectivity index (χ2n) is 8.56. The topological polar surface area (TPSA) is 178 Å². The van der Waals surface area contributed by atoms with Gasteiger partial charge in [0.15, 0.2) is 5.82 Å². The Bertz CT molecular complexity index is 1430. The number of benzene rings is 2. The number of nitrogens with zero attached hydrogens (tertiary/aromatic N) is 2. The number of unbranched alkanes of at least 4 members (excludes halogenated alkanes) is 1. The molecule has 2 aromatic carbocycles. The van der Waals surface area contributed by atoms with Crippen molar-refractivity contribution in [2.75, 3.05) is 6.54 Å². The van der Waals surface area contributed by atoms with Crippen LogP contribution in [-0.2, 0) is 31.5 Å². The number of rotatable bonds is 14. The lowest BCUT2D eigenvalue weighted by Gasteiger charge is -2.19. The van der Waals surface area contributed by atoms with Crippen LogP contribution in [0.1, 0.15) is 37.2 Å². The highest BCUT2D eigenvalue weighted by molar-refractivity contribution is 7.89. The largest absolute Gasteiger partial charge is 0.481 e. The van der Waals surface area contributed by atoms with Gasteiger partial charge in [-0.1, -0.05) is 54.0 Å². The number of carboxylic acid groups (broad SMARTS) is 1. The van der Waals surface area contributed by atoms with Gasteiger partial charge in [-0.3, -0.25) is 18.7 Å². The number of sulfonamides is 1. The molecule has 3 rings (SSSR count). The summed E-state index contributed by atoms with van der Waals surface area (Å²) in [5.74, 6) is -2.81. The van der Waals surface area contributed by atoms with Crippen LogP contribution < -0.4 is 15.8 Å². The molecule has 1 amide bonds. The summed E-state index contributed by atoms with van der Waals surface area (Å²) in [7, 11) is -2.41. The Morgan fingerprint density at radius 3 is 2.50 bits per heavy atom. The molecule has 0 bridgehead atoms. The van der Waals surface area contributed by atoms with Gasteiger partial charge >= 0.3 is 11.7 Å². The molecule has 12 nitrogen and oxygen atoms in total. The third kappa shape index (κ3) is 7.46. The Balaban J connectivity index is 1.60. The van der Waals surface area contributed by atoms with Gasteiger partial charge in [-0.25, -0.2) is 17.9 Å². The minimum absolute atomic E-state index is 0.00896. The summed E-state index contributed by atoms with van der Waals surface area (Å²) in [6.45, 7) is 0.105. The van der Waals surface area contributed by atoms with E-state index in [0.29, 0.717) is 36.7 Å². The smallest absolute Gasteiger partial charge is 0.441 e. The van der Waals surface area contributed by atoms with E-state index in [9.17, 15) is 27.6 Å². The van der Waals surface area contributed by atoms with Crippen LogP contribution in [0.2, 0.25) is 0 Å². The monoisotopic (exact) mass is 544 g/mol. The normalized spacial score (nSPS) is 13.0. The number of hydrogen-bond acceptors (Lipinski definition) is 8. The zero-order valence-electron chi connectivity index (χ0n) is 20.6. The lowest BCUT2D eigenvalue weighted by atomic mass is 9.92. The maximum absolute atomic E-state index is 12.9. The van der Waals surface area contributed by atoms with Crippen molar-refractivity contribution in [2.45, 2.75) is 42.5 Å². The first kappa shape index (κ1) is 28.5. The van der Waals surface area contributed by atoms with Crippen LogP contribution in [0.25, 0.3) is 11.4 Å². The first-order valence-electron chi connectivity index (χ1n) is 11.8. The Labute approximate surface area is 218 Å². The minimum atomic E-state index is -3.87. The maximum Gasteiger partial charge on any atom is 0.441 e. The van der Waals surface area contributed by atoms with Gasteiger partial charge in [-0.2, -0.15) is 0 Å². The summed E-state index contributed by atoms with van der Waals surface area (Å²) in [6.07, 6.45) is 1.11. The summed E-state index contributed by atoms with van der Waals surface area (Å²) in [5, 5.41) is 15.1. The number of nitrogens with one attached hydrogen (secondary N) is 2. The van der Waals surface area contributed by atoms with Gasteiger partial charge in [0.25, 0.3) is 0 Å². The zero-order valence-corrected chi connectivity index (χ0v) is 21.4. The molecule has 3 aromatic rings. The standard InChI is InChI=1S/C25H28N4O8S/c1-29-23(28-37-25(29)34)18-10-7-11-20(14-18)38(35,36)26-13-6-5-12-21(17-8-3-2-4-9-17)24(33)27-19(16-30)15-22(31)32/h2-4,7-11,14,16,19,21,26H,5-6,12-13,15H2,1H3,(H,27,33)(H,31,32)/t19-,21?/m0/s1. The SMILES string of the molecule is Cn1c(-c2cccc(S(=O)(=O)NCCCCC(C(=O)N[C@H](C=O)CC(=O)O)c3ccccc3)c2)noc1=O. The van der Waals surface area contributed by atoms with Crippen molar-refractivity contribution in [3.63, 3.8) is 0 Å². The van der Waals surface area contributed by atoms with E-state index in [4.69, 9.17) is 5.11 Å². The number of amides is 1. The third-order valence-corrected chi connectivity index (χ3v) is 7.28. The summed E-state index contributed by atoms with van der Waals surface area (Å²) in [4.78, 5) is 46.5.